The molecule has 0 heterocycles. The van der Waals surface area contributed by atoms with Crippen LogP contribution in [-0.2, 0) is 4.79 Å². The first-order chi connectivity index (χ1) is 5.11. The summed E-state index contributed by atoms with van der Waals surface area (Å²) in [6.07, 6.45) is 2.98. The molecule has 1 aliphatic rings. The molecule has 0 amide bonds. The molecule has 2 heteroatoms. The van der Waals surface area contributed by atoms with Crippen LogP contribution in [0.4, 0.5) is 0 Å². The predicted molar refractivity (Wildman–Crippen MR) is 43.2 cm³/mol. The van der Waals surface area contributed by atoms with Crippen LogP contribution in [0, 0.1) is 5.92 Å². The van der Waals surface area contributed by atoms with Crippen LogP contribution in [0.2, 0.25) is 0 Å². The van der Waals surface area contributed by atoms with E-state index in [2.05, 4.69) is 0 Å². The maximum absolute atomic E-state index is 10.9. The number of Topliss-reactive ketones (excluding diaryl/α,β-unsaturated/α-hetero) is 1. The van der Waals surface area contributed by atoms with Gasteiger partial charge in [-0.1, -0.05) is 6.08 Å². The van der Waals surface area contributed by atoms with Gasteiger partial charge in [0.25, 0.3) is 0 Å². The zero-order valence-electron chi connectivity index (χ0n) is 7.00. The minimum atomic E-state index is -0.391. The van der Waals surface area contributed by atoms with Crippen LogP contribution in [-0.4, -0.2) is 17.0 Å². The summed E-state index contributed by atoms with van der Waals surface area (Å²) in [7, 11) is 0. The van der Waals surface area contributed by atoms with Gasteiger partial charge in [0, 0.05) is 5.92 Å². The molecule has 0 aliphatic heterocycles. The standard InChI is InChI=1S/C9H14O2/c1-6-3-4-8(7(2)10)5-9(6)11/h3,8-9,11H,4-5H2,1-2H3. The van der Waals surface area contributed by atoms with Crippen molar-refractivity contribution in [3.05, 3.63) is 11.6 Å². The van der Waals surface area contributed by atoms with Crippen molar-refractivity contribution >= 4 is 5.78 Å². The Hall–Kier alpha value is -0.630. The quantitative estimate of drug-likeness (QED) is 0.578. The monoisotopic (exact) mass is 154 g/mol. The molecule has 0 radical (unpaired) electrons. The van der Waals surface area contributed by atoms with Crippen molar-refractivity contribution < 1.29 is 9.90 Å². The highest BCUT2D eigenvalue weighted by molar-refractivity contribution is 5.78. The fourth-order valence-corrected chi connectivity index (χ4v) is 1.35. The third kappa shape index (κ3) is 1.90. The van der Waals surface area contributed by atoms with Gasteiger partial charge in [0.1, 0.15) is 5.78 Å². The fraction of sp³-hybridized carbons (Fsp3) is 0.667. The van der Waals surface area contributed by atoms with E-state index in [9.17, 15) is 9.90 Å². The highest BCUT2D eigenvalue weighted by atomic mass is 16.3. The Morgan fingerprint density at radius 1 is 1.73 bits per heavy atom. The van der Waals surface area contributed by atoms with Crippen molar-refractivity contribution in [3.8, 4) is 0 Å². The lowest BCUT2D eigenvalue weighted by molar-refractivity contribution is -0.121. The predicted octanol–water partition coefficient (Wildman–Crippen LogP) is 1.29. The van der Waals surface area contributed by atoms with Gasteiger partial charge in [-0.3, -0.25) is 4.79 Å². The molecule has 0 saturated carbocycles. The molecule has 1 rings (SSSR count). The van der Waals surface area contributed by atoms with E-state index < -0.39 is 6.10 Å². The number of carbonyl (C=O) groups excluding carboxylic acids is 1. The minimum Gasteiger partial charge on any atom is -0.389 e. The summed E-state index contributed by atoms with van der Waals surface area (Å²) in [5.41, 5.74) is 1.00. The van der Waals surface area contributed by atoms with E-state index in [1.807, 2.05) is 13.0 Å². The van der Waals surface area contributed by atoms with E-state index in [1.54, 1.807) is 6.92 Å². The van der Waals surface area contributed by atoms with E-state index in [0.717, 1.165) is 12.0 Å². The van der Waals surface area contributed by atoms with Gasteiger partial charge in [0.05, 0.1) is 6.10 Å². The molecular weight excluding hydrogens is 140 g/mol. The van der Waals surface area contributed by atoms with Gasteiger partial charge in [-0.2, -0.15) is 0 Å². The lowest BCUT2D eigenvalue weighted by atomic mass is 9.86. The van der Waals surface area contributed by atoms with Crippen LogP contribution in [0.3, 0.4) is 0 Å². The van der Waals surface area contributed by atoms with Crippen LogP contribution in [0.15, 0.2) is 11.6 Å². The molecule has 0 aromatic carbocycles. The summed E-state index contributed by atoms with van der Waals surface area (Å²) < 4.78 is 0. The molecule has 1 aliphatic carbocycles. The van der Waals surface area contributed by atoms with Crippen molar-refractivity contribution in [2.75, 3.05) is 0 Å². The Bertz CT molecular complexity index is 194. The van der Waals surface area contributed by atoms with Gasteiger partial charge in [0.15, 0.2) is 0 Å². The number of hydrogen-bond acceptors (Lipinski definition) is 2. The number of hydrogen-bond donors (Lipinski definition) is 1. The first kappa shape index (κ1) is 8.47. The molecule has 2 atom stereocenters. The molecule has 1 N–H and O–H groups in total. The van der Waals surface area contributed by atoms with Crippen LogP contribution < -0.4 is 0 Å². The van der Waals surface area contributed by atoms with Crippen molar-refractivity contribution in [2.24, 2.45) is 5.92 Å². The maximum Gasteiger partial charge on any atom is 0.133 e. The van der Waals surface area contributed by atoms with E-state index in [4.69, 9.17) is 0 Å². The van der Waals surface area contributed by atoms with Crippen molar-refractivity contribution in [3.63, 3.8) is 0 Å². The topological polar surface area (TPSA) is 37.3 Å². The molecular formula is C9H14O2. The molecule has 0 aromatic rings. The summed E-state index contributed by atoms with van der Waals surface area (Å²) in [5.74, 6) is 0.238. The molecule has 62 valence electrons. The number of ketones is 1. The Kier molecular flexibility index (Phi) is 2.45. The van der Waals surface area contributed by atoms with Gasteiger partial charge in [-0.05, 0) is 32.3 Å². The van der Waals surface area contributed by atoms with Crippen molar-refractivity contribution in [1.82, 2.24) is 0 Å². The second-order valence-electron chi connectivity index (χ2n) is 3.24. The lowest BCUT2D eigenvalue weighted by Gasteiger charge is -2.22. The number of aliphatic hydroxyl groups excluding tert-OH is 1. The van der Waals surface area contributed by atoms with Gasteiger partial charge < -0.3 is 5.11 Å². The molecule has 0 bridgehead atoms. The van der Waals surface area contributed by atoms with Gasteiger partial charge in [-0.15, -0.1) is 0 Å². The van der Waals surface area contributed by atoms with E-state index in [-0.39, 0.29) is 11.7 Å². The Morgan fingerprint density at radius 2 is 2.36 bits per heavy atom. The molecule has 0 saturated heterocycles. The van der Waals surface area contributed by atoms with E-state index in [1.165, 1.54) is 0 Å². The molecule has 2 unspecified atom stereocenters. The average Bonchev–Trinajstić information content (AvgIpc) is 1.94. The molecule has 0 aromatic heterocycles. The summed E-state index contributed by atoms with van der Waals surface area (Å²) in [5, 5.41) is 9.38. The number of rotatable bonds is 1. The van der Waals surface area contributed by atoms with Gasteiger partial charge in [-0.25, -0.2) is 0 Å². The Labute approximate surface area is 66.9 Å². The normalized spacial score (nSPS) is 31.4. The number of aliphatic hydroxyl groups is 1. The lowest BCUT2D eigenvalue weighted by Crippen LogP contribution is -2.23. The average molecular weight is 154 g/mol. The Balaban J connectivity index is 2.62. The third-order valence-corrected chi connectivity index (χ3v) is 2.33. The zero-order valence-corrected chi connectivity index (χ0v) is 7.00. The second kappa shape index (κ2) is 3.18. The highest BCUT2D eigenvalue weighted by Gasteiger charge is 2.22. The Morgan fingerprint density at radius 3 is 2.82 bits per heavy atom. The molecule has 11 heavy (non-hydrogen) atoms. The molecule has 0 spiro atoms. The summed E-state index contributed by atoms with van der Waals surface area (Å²) in [6.45, 7) is 3.49. The SMILES string of the molecule is CC(=O)C1CC=C(C)C(O)C1. The second-order valence-corrected chi connectivity index (χ2v) is 3.24. The smallest absolute Gasteiger partial charge is 0.133 e. The van der Waals surface area contributed by atoms with Crippen LogP contribution in [0.5, 0.6) is 0 Å². The van der Waals surface area contributed by atoms with E-state index in [0.29, 0.717) is 6.42 Å². The largest absolute Gasteiger partial charge is 0.389 e. The first-order valence-corrected chi connectivity index (χ1v) is 3.96. The van der Waals surface area contributed by atoms with Gasteiger partial charge >= 0.3 is 0 Å². The summed E-state index contributed by atoms with van der Waals surface area (Å²) >= 11 is 0. The van der Waals surface area contributed by atoms with Crippen LogP contribution in [0.1, 0.15) is 26.7 Å². The number of allylic oxidation sites excluding steroid dienone is 1. The maximum atomic E-state index is 10.9. The summed E-state index contributed by atoms with van der Waals surface area (Å²) in [6, 6.07) is 0. The fourth-order valence-electron chi connectivity index (χ4n) is 1.35. The van der Waals surface area contributed by atoms with Crippen molar-refractivity contribution in [1.29, 1.82) is 0 Å². The van der Waals surface area contributed by atoms with Crippen molar-refractivity contribution in [2.45, 2.75) is 32.8 Å². The highest BCUT2D eigenvalue weighted by Crippen LogP contribution is 2.23. The van der Waals surface area contributed by atoms with Gasteiger partial charge in [0.2, 0.25) is 0 Å². The zero-order chi connectivity index (χ0) is 8.43. The first-order valence-electron chi connectivity index (χ1n) is 3.96. The summed E-state index contributed by atoms with van der Waals surface area (Å²) in [4.78, 5) is 10.9. The van der Waals surface area contributed by atoms with Crippen LogP contribution in [0.25, 0.3) is 0 Å². The molecule has 2 nitrogen and oxygen atoms in total. The van der Waals surface area contributed by atoms with E-state index >= 15 is 0 Å². The van der Waals surface area contributed by atoms with Crippen LogP contribution >= 0.6 is 0 Å². The molecule has 0 fully saturated rings. The third-order valence-electron chi connectivity index (χ3n) is 2.33. The number of carbonyl (C=O) groups is 1. The minimum absolute atomic E-state index is 0.0497.